The Bertz CT molecular complexity index is 508. The number of nitrogens with two attached hydrogens (primary N) is 1. The Morgan fingerprint density at radius 3 is 2.36 bits per heavy atom. The molecule has 0 aliphatic carbocycles. The largest absolute Gasteiger partial charge is 0.369 e. The molecule has 1 rings (SSSR count). The van der Waals surface area contributed by atoms with Gasteiger partial charge >= 0.3 is 0 Å². The molecule has 0 spiro atoms. The smallest absolute Gasteiger partial charge is 0.0733 e. The number of halogens is 2. The Kier molecular flexibility index (Phi) is 13.1. The maximum atomic E-state index is 5.88. The molecular formula is C21H38Cl2N4O. The molecule has 0 aromatic heterocycles. The van der Waals surface area contributed by atoms with Crippen LogP contribution >= 0.6 is 23.2 Å². The molecule has 1 aromatic rings. The summed E-state index contributed by atoms with van der Waals surface area (Å²) < 4.78 is 0. The molecule has 7 heteroatoms. The standard InChI is InChI=1S/C21H38Cl2N4O/c1-18(8-12-24)26-28-17-21(2,3)9-13-25-16-19-4-6-20(7-5-19)27(14-10-22)15-11-23/h4-7,18,25-26H,8-17,24H2,1-3H3. The summed E-state index contributed by atoms with van der Waals surface area (Å²) in [5.74, 6) is 1.20. The van der Waals surface area contributed by atoms with Crippen LogP contribution in [0.25, 0.3) is 0 Å². The van der Waals surface area contributed by atoms with Gasteiger partial charge < -0.3 is 20.8 Å². The van der Waals surface area contributed by atoms with E-state index in [0.717, 1.165) is 39.0 Å². The topological polar surface area (TPSA) is 62.6 Å². The van der Waals surface area contributed by atoms with Gasteiger partial charge in [-0.3, -0.25) is 0 Å². The van der Waals surface area contributed by atoms with Crippen molar-refractivity contribution in [3.8, 4) is 0 Å². The van der Waals surface area contributed by atoms with Gasteiger partial charge in [0, 0.05) is 43.1 Å². The highest BCUT2D eigenvalue weighted by atomic mass is 35.5. The average Bonchev–Trinajstić information content (AvgIpc) is 2.66. The van der Waals surface area contributed by atoms with E-state index < -0.39 is 0 Å². The quantitative estimate of drug-likeness (QED) is 0.211. The van der Waals surface area contributed by atoms with E-state index in [9.17, 15) is 0 Å². The number of hydrogen-bond donors (Lipinski definition) is 3. The molecule has 0 heterocycles. The van der Waals surface area contributed by atoms with Crippen LogP contribution in [0.15, 0.2) is 24.3 Å². The first-order valence-electron chi connectivity index (χ1n) is 10.2. The monoisotopic (exact) mass is 432 g/mol. The lowest BCUT2D eigenvalue weighted by Crippen LogP contribution is -2.34. The predicted molar refractivity (Wildman–Crippen MR) is 122 cm³/mol. The number of nitrogens with zero attached hydrogens (tertiary/aromatic N) is 1. The van der Waals surface area contributed by atoms with E-state index in [0.29, 0.717) is 24.9 Å². The Morgan fingerprint density at radius 1 is 1.14 bits per heavy atom. The second kappa shape index (κ2) is 14.4. The first-order valence-corrected chi connectivity index (χ1v) is 11.2. The first kappa shape index (κ1) is 25.5. The average molecular weight is 433 g/mol. The summed E-state index contributed by atoms with van der Waals surface area (Å²) in [5, 5.41) is 3.53. The number of benzene rings is 1. The van der Waals surface area contributed by atoms with Gasteiger partial charge in [-0.05, 0) is 56.0 Å². The van der Waals surface area contributed by atoms with Gasteiger partial charge in [-0.25, -0.2) is 0 Å². The molecule has 5 nitrogen and oxygen atoms in total. The van der Waals surface area contributed by atoms with Crippen molar-refractivity contribution in [2.75, 3.05) is 49.4 Å². The minimum absolute atomic E-state index is 0.107. The maximum absolute atomic E-state index is 5.88. The van der Waals surface area contributed by atoms with Gasteiger partial charge in [0.2, 0.25) is 0 Å². The van der Waals surface area contributed by atoms with E-state index in [1.165, 1.54) is 11.3 Å². The van der Waals surface area contributed by atoms with Crippen LogP contribution in [0.5, 0.6) is 0 Å². The zero-order valence-corrected chi connectivity index (χ0v) is 19.2. The normalized spacial score (nSPS) is 12.9. The highest BCUT2D eigenvalue weighted by molar-refractivity contribution is 6.18. The highest BCUT2D eigenvalue weighted by Crippen LogP contribution is 2.20. The molecule has 0 bridgehead atoms. The van der Waals surface area contributed by atoms with Crippen molar-refractivity contribution >= 4 is 28.9 Å². The van der Waals surface area contributed by atoms with Crippen LogP contribution < -0.4 is 21.4 Å². The second-order valence-corrected chi connectivity index (χ2v) is 8.76. The van der Waals surface area contributed by atoms with E-state index >= 15 is 0 Å². The third-order valence-electron chi connectivity index (χ3n) is 4.67. The molecule has 0 fully saturated rings. The fourth-order valence-corrected chi connectivity index (χ4v) is 3.23. The minimum Gasteiger partial charge on any atom is -0.369 e. The third kappa shape index (κ3) is 10.8. The van der Waals surface area contributed by atoms with Gasteiger partial charge in [0.1, 0.15) is 0 Å². The van der Waals surface area contributed by atoms with Crippen molar-refractivity contribution in [2.24, 2.45) is 11.1 Å². The molecule has 162 valence electrons. The SMILES string of the molecule is CC(CCN)NOCC(C)(C)CCNCc1ccc(N(CCCl)CCCl)cc1. The van der Waals surface area contributed by atoms with Crippen molar-refractivity contribution in [3.63, 3.8) is 0 Å². The summed E-state index contributed by atoms with van der Waals surface area (Å²) in [6.07, 6.45) is 1.95. The van der Waals surface area contributed by atoms with Crippen LogP contribution in [0.2, 0.25) is 0 Å². The molecule has 0 saturated carbocycles. The summed E-state index contributed by atoms with van der Waals surface area (Å²) in [6.45, 7) is 11.3. The Labute approximate surface area is 181 Å². The zero-order valence-electron chi connectivity index (χ0n) is 17.6. The molecule has 4 N–H and O–H groups in total. The Balaban J connectivity index is 2.31. The number of nitrogens with one attached hydrogen (secondary N) is 2. The molecule has 0 radical (unpaired) electrons. The van der Waals surface area contributed by atoms with Crippen LogP contribution in [-0.4, -0.2) is 50.6 Å². The molecule has 1 atom stereocenters. The lowest BCUT2D eigenvalue weighted by Gasteiger charge is -2.25. The molecule has 1 aromatic carbocycles. The van der Waals surface area contributed by atoms with E-state index in [-0.39, 0.29) is 11.5 Å². The van der Waals surface area contributed by atoms with Crippen molar-refractivity contribution in [2.45, 2.75) is 46.2 Å². The number of rotatable bonds is 16. The van der Waals surface area contributed by atoms with Gasteiger partial charge in [-0.2, -0.15) is 5.48 Å². The zero-order chi connectivity index (χ0) is 20.8. The molecule has 0 amide bonds. The molecule has 1 unspecified atom stereocenters. The maximum Gasteiger partial charge on any atom is 0.0733 e. The summed E-state index contributed by atoms with van der Waals surface area (Å²) >= 11 is 11.8. The number of alkyl halides is 2. The van der Waals surface area contributed by atoms with Gasteiger partial charge in [0.15, 0.2) is 0 Å². The van der Waals surface area contributed by atoms with Gasteiger partial charge in [0.05, 0.1) is 6.61 Å². The van der Waals surface area contributed by atoms with E-state index in [4.69, 9.17) is 33.8 Å². The van der Waals surface area contributed by atoms with Crippen molar-refractivity contribution in [3.05, 3.63) is 29.8 Å². The summed E-state index contributed by atoms with van der Waals surface area (Å²) in [4.78, 5) is 7.86. The predicted octanol–water partition coefficient (Wildman–Crippen LogP) is 3.74. The number of hydroxylamine groups is 1. The van der Waals surface area contributed by atoms with Crippen LogP contribution in [0.3, 0.4) is 0 Å². The summed E-state index contributed by atoms with van der Waals surface area (Å²) in [7, 11) is 0. The van der Waals surface area contributed by atoms with Gasteiger partial charge in [-0.15, -0.1) is 23.2 Å². The minimum atomic E-state index is 0.107. The summed E-state index contributed by atoms with van der Waals surface area (Å²) in [5.41, 5.74) is 11.2. The highest BCUT2D eigenvalue weighted by Gasteiger charge is 2.18. The van der Waals surface area contributed by atoms with Crippen LogP contribution in [0.1, 0.15) is 39.2 Å². The number of anilines is 1. The third-order valence-corrected chi connectivity index (χ3v) is 5.00. The van der Waals surface area contributed by atoms with Crippen LogP contribution in [-0.2, 0) is 11.4 Å². The second-order valence-electron chi connectivity index (χ2n) is 8.01. The number of hydrogen-bond acceptors (Lipinski definition) is 5. The lowest BCUT2D eigenvalue weighted by molar-refractivity contribution is -0.0275. The van der Waals surface area contributed by atoms with Crippen molar-refractivity contribution in [1.82, 2.24) is 10.8 Å². The summed E-state index contributed by atoms with van der Waals surface area (Å²) in [6, 6.07) is 8.89. The van der Waals surface area contributed by atoms with E-state index in [2.05, 4.69) is 60.7 Å². The van der Waals surface area contributed by atoms with Gasteiger partial charge in [-0.1, -0.05) is 26.0 Å². The molecule has 0 aliphatic rings. The van der Waals surface area contributed by atoms with Crippen LogP contribution in [0, 0.1) is 5.41 Å². The lowest BCUT2D eigenvalue weighted by atomic mass is 9.90. The molecular weight excluding hydrogens is 395 g/mol. The first-order chi connectivity index (χ1) is 13.4. The van der Waals surface area contributed by atoms with E-state index in [1.54, 1.807) is 0 Å². The fraction of sp³-hybridized carbons (Fsp3) is 0.714. The van der Waals surface area contributed by atoms with Crippen molar-refractivity contribution in [1.29, 1.82) is 0 Å². The fourth-order valence-electron chi connectivity index (χ4n) is 2.82. The molecule has 28 heavy (non-hydrogen) atoms. The van der Waals surface area contributed by atoms with E-state index in [1.807, 2.05) is 0 Å². The Morgan fingerprint density at radius 2 is 1.79 bits per heavy atom. The van der Waals surface area contributed by atoms with Gasteiger partial charge in [0.25, 0.3) is 0 Å². The van der Waals surface area contributed by atoms with Crippen molar-refractivity contribution < 1.29 is 4.84 Å². The molecule has 0 saturated heterocycles. The Hall–Kier alpha value is -0.560. The van der Waals surface area contributed by atoms with Crippen LogP contribution in [0.4, 0.5) is 5.69 Å². The molecule has 0 aliphatic heterocycles.